The first kappa shape index (κ1) is 28.4. The van der Waals surface area contributed by atoms with E-state index in [9.17, 15) is 24.6 Å². The Morgan fingerprint density at radius 2 is 2.05 bits per heavy atom. The van der Waals surface area contributed by atoms with Gasteiger partial charge < -0.3 is 30.6 Å². The summed E-state index contributed by atoms with van der Waals surface area (Å²) in [6, 6.07) is 8.44. The predicted octanol–water partition coefficient (Wildman–Crippen LogP) is 1.82. The Labute approximate surface area is 242 Å². The van der Waals surface area contributed by atoms with Crippen molar-refractivity contribution in [1.29, 1.82) is 0 Å². The van der Waals surface area contributed by atoms with Crippen LogP contribution in [0.2, 0.25) is 5.02 Å². The molecule has 0 saturated carbocycles. The van der Waals surface area contributed by atoms with E-state index in [-0.39, 0.29) is 5.82 Å². The monoisotopic (exact) mass is 593 g/mol. The molecule has 1 aliphatic heterocycles. The van der Waals surface area contributed by atoms with Gasteiger partial charge in [-0.3, -0.25) is 14.9 Å². The van der Waals surface area contributed by atoms with Crippen LogP contribution in [-0.4, -0.2) is 77.6 Å². The summed E-state index contributed by atoms with van der Waals surface area (Å²) in [7, 11) is 1.22. The van der Waals surface area contributed by atoms with Crippen molar-refractivity contribution < 1.29 is 29.3 Å². The number of carbonyl (C=O) groups is 3. The van der Waals surface area contributed by atoms with Crippen LogP contribution in [0, 0.1) is 0 Å². The van der Waals surface area contributed by atoms with Gasteiger partial charge in [0.1, 0.15) is 24.3 Å². The number of H-pyrrole nitrogens is 1. The molecule has 2 bridgehead atoms. The number of fused-ring (bicyclic) bond motifs is 4. The van der Waals surface area contributed by atoms with Crippen molar-refractivity contribution in [1.82, 2.24) is 35.5 Å². The summed E-state index contributed by atoms with van der Waals surface area (Å²) in [5.74, 6) is -1.12. The molecule has 0 fully saturated rings. The molecule has 3 heterocycles. The van der Waals surface area contributed by atoms with Gasteiger partial charge in [-0.25, -0.2) is 9.78 Å². The highest BCUT2D eigenvalue weighted by Crippen LogP contribution is 2.32. The Kier molecular flexibility index (Phi) is 8.24. The number of carbonyl (C=O) groups excluding carboxylic acids is 3. The molecule has 2 aromatic carbocycles. The average Bonchev–Trinajstić information content (AvgIpc) is 3.67. The molecule has 6 N–H and O–H groups in total. The number of amides is 3. The van der Waals surface area contributed by atoms with Crippen molar-refractivity contribution in [3.63, 3.8) is 0 Å². The van der Waals surface area contributed by atoms with Crippen molar-refractivity contribution in [3.8, 4) is 16.9 Å². The number of tetrazole rings is 1. The van der Waals surface area contributed by atoms with E-state index in [1.807, 2.05) is 0 Å². The number of hydrogen-bond donors (Lipinski definition) is 6. The largest absolute Gasteiger partial charge is 0.453 e. The summed E-state index contributed by atoms with van der Waals surface area (Å²) >= 11 is 6.15. The summed E-state index contributed by atoms with van der Waals surface area (Å²) in [6.07, 6.45) is 1.22. The van der Waals surface area contributed by atoms with Gasteiger partial charge in [0, 0.05) is 34.1 Å². The fourth-order valence-electron chi connectivity index (χ4n) is 4.31. The second-order valence-electron chi connectivity index (χ2n) is 9.14. The molecule has 2 unspecified atom stereocenters. The quantitative estimate of drug-likeness (QED) is 0.185. The molecular weight excluding hydrogens is 570 g/mol. The van der Waals surface area contributed by atoms with E-state index in [0.717, 1.165) is 0 Å². The topological polar surface area (TPSA) is 209 Å². The van der Waals surface area contributed by atoms with Gasteiger partial charge in [0.05, 0.1) is 36.7 Å². The molecule has 216 valence electrons. The van der Waals surface area contributed by atoms with Crippen LogP contribution >= 0.6 is 11.6 Å². The van der Waals surface area contributed by atoms with Gasteiger partial charge in [0.25, 0.3) is 0 Å². The fourth-order valence-corrected chi connectivity index (χ4v) is 4.49. The van der Waals surface area contributed by atoms with Crippen LogP contribution in [0.1, 0.15) is 23.9 Å². The summed E-state index contributed by atoms with van der Waals surface area (Å²) in [4.78, 5) is 44.9. The normalized spacial score (nSPS) is 18.5. The zero-order valence-electron chi connectivity index (χ0n) is 21.9. The van der Waals surface area contributed by atoms with Gasteiger partial charge in [-0.15, -0.1) is 5.10 Å². The first-order chi connectivity index (χ1) is 20.2. The van der Waals surface area contributed by atoms with Crippen LogP contribution in [0.5, 0.6) is 0 Å². The van der Waals surface area contributed by atoms with E-state index in [4.69, 9.17) is 11.6 Å². The number of ether oxygens (including phenoxy) is 1. The summed E-state index contributed by atoms with van der Waals surface area (Å²) in [5.41, 5.74) is 2.57. The average molecular weight is 594 g/mol. The van der Waals surface area contributed by atoms with Crippen LogP contribution in [0.25, 0.3) is 23.0 Å². The molecule has 2 aromatic heterocycles. The van der Waals surface area contributed by atoms with E-state index in [2.05, 4.69) is 46.2 Å². The Bertz CT molecular complexity index is 1660. The van der Waals surface area contributed by atoms with Crippen LogP contribution in [-0.2, 0) is 14.3 Å². The van der Waals surface area contributed by atoms with E-state index in [1.54, 1.807) is 30.3 Å². The highest BCUT2D eigenvalue weighted by atomic mass is 35.5. The van der Waals surface area contributed by atoms with Gasteiger partial charge in [-0.2, -0.15) is 4.68 Å². The fraction of sp³-hybridized carbons (Fsp3) is 0.192. The van der Waals surface area contributed by atoms with E-state index in [0.29, 0.717) is 38.9 Å². The van der Waals surface area contributed by atoms with Crippen molar-refractivity contribution in [2.24, 2.45) is 0 Å². The molecule has 4 aromatic rings. The van der Waals surface area contributed by atoms with Gasteiger partial charge in [-0.05, 0) is 52.9 Å². The number of aromatic nitrogens is 6. The molecular formula is C26H24ClN9O6. The number of anilines is 2. The maximum atomic E-state index is 13.0. The SMILES string of the molecule is COC(=O)Nc1ccc2c(c1)NC(=O)CC(O)C(O)[C@H](NC(=O)/C=C/c1cc(Cl)ccc1-n1cnnn1)c1nc-2c[nH]1. The maximum Gasteiger partial charge on any atom is 0.411 e. The number of methoxy groups -OCH3 is 1. The second kappa shape index (κ2) is 12.2. The molecule has 5 rings (SSSR count). The van der Waals surface area contributed by atoms with Crippen molar-refractivity contribution in [2.45, 2.75) is 24.7 Å². The number of aliphatic hydroxyl groups is 2. The molecule has 15 nitrogen and oxygen atoms in total. The lowest BCUT2D eigenvalue weighted by atomic mass is 10.0. The zero-order valence-corrected chi connectivity index (χ0v) is 22.6. The number of halogens is 1. The molecule has 0 spiro atoms. The third-order valence-electron chi connectivity index (χ3n) is 6.32. The Morgan fingerprint density at radius 3 is 2.81 bits per heavy atom. The molecule has 0 aliphatic carbocycles. The van der Waals surface area contributed by atoms with Gasteiger partial charge >= 0.3 is 6.09 Å². The highest BCUT2D eigenvalue weighted by Gasteiger charge is 2.33. The number of aromatic amines is 1. The smallest absolute Gasteiger partial charge is 0.411 e. The molecule has 3 atom stereocenters. The Hall–Kier alpha value is -5.12. The predicted molar refractivity (Wildman–Crippen MR) is 149 cm³/mol. The number of benzene rings is 2. The third-order valence-corrected chi connectivity index (χ3v) is 6.56. The minimum Gasteiger partial charge on any atom is -0.453 e. The van der Waals surface area contributed by atoms with E-state index in [1.165, 1.54) is 42.5 Å². The van der Waals surface area contributed by atoms with Crippen LogP contribution in [0.15, 0.2) is 55.0 Å². The highest BCUT2D eigenvalue weighted by molar-refractivity contribution is 6.30. The number of imidazole rings is 1. The summed E-state index contributed by atoms with van der Waals surface area (Å²) < 4.78 is 6.01. The second-order valence-corrected chi connectivity index (χ2v) is 9.57. The first-order valence-electron chi connectivity index (χ1n) is 12.4. The van der Waals surface area contributed by atoms with Crippen molar-refractivity contribution >= 4 is 47.0 Å². The van der Waals surface area contributed by atoms with Gasteiger partial charge in [0.15, 0.2) is 0 Å². The summed E-state index contributed by atoms with van der Waals surface area (Å²) in [5, 5.41) is 41.1. The van der Waals surface area contributed by atoms with Crippen molar-refractivity contribution in [3.05, 3.63) is 71.4 Å². The Morgan fingerprint density at radius 1 is 1.21 bits per heavy atom. The third kappa shape index (κ3) is 6.27. The number of rotatable bonds is 5. The standard InChI is InChI=1S/C26H24ClN9O6/c1-42-26(41)30-15-4-5-16-17(9-15)31-22(39)10-20(37)24(40)23(25-28-11-18(16)32-25)33-21(38)7-2-13-8-14(27)3-6-19(13)36-12-29-34-35-36/h2-9,11-12,20,23-24,37,40H,10H2,1H3,(H,28,32)(H,30,41)(H,31,39)(H,33,38)/b7-2+/t20?,23-,24?/m0/s1. The van der Waals surface area contributed by atoms with Crippen molar-refractivity contribution in [2.75, 3.05) is 17.7 Å². The van der Waals surface area contributed by atoms with Crippen LogP contribution in [0.4, 0.5) is 16.2 Å². The Balaban J connectivity index is 1.43. The molecule has 42 heavy (non-hydrogen) atoms. The number of nitrogens with zero attached hydrogens (tertiary/aromatic N) is 5. The van der Waals surface area contributed by atoms with E-state index < -0.39 is 42.6 Å². The molecule has 0 radical (unpaired) electrons. The lowest BCUT2D eigenvalue weighted by molar-refractivity contribution is -0.121. The minimum atomic E-state index is -1.62. The number of aliphatic hydroxyl groups excluding tert-OH is 2. The molecule has 3 amide bonds. The van der Waals surface area contributed by atoms with E-state index >= 15 is 0 Å². The number of hydrogen-bond acceptors (Lipinski definition) is 10. The van der Waals surface area contributed by atoms with Crippen LogP contribution < -0.4 is 16.0 Å². The lowest BCUT2D eigenvalue weighted by Gasteiger charge is -2.25. The summed E-state index contributed by atoms with van der Waals surface area (Å²) in [6.45, 7) is 0. The lowest BCUT2D eigenvalue weighted by Crippen LogP contribution is -2.43. The van der Waals surface area contributed by atoms with Gasteiger partial charge in [-0.1, -0.05) is 11.6 Å². The maximum absolute atomic E-state index is 13.0. The first-order valence-corrected chi connectivity index (χ1v) is 12.8. The minimum absolute atomic E-state index is 0.132. The molecule has 16 heteroatoms. The van der Waals surface area contributed by atoms with Crippen LogP contribution in [0.3, 0.4) is 0 Å². The zero-order chi connectivity index (χ0) is 29.8. The van der Waals surface area contributed by atoms with Gasteiger partial charge in [0.2, 0.25) is 11.8 Å². The number of nitrogens with one attached hydrogen (secondary N) is 4. The molecule has 1 aliphatic rings. The molecule has 0 saturated heterocycles.